The summed E-state index contributed by atoms with van der Waals surface area (Å²) in [7, 11) is 0. The van der Waals surface area contributed by atoms with Crippen molar-refractivity contribution in [3.05, 3.63) is 59.6 Å². The Balaban J connectivity index is 1.39. The normalized spacial score (nSPS) is 15.0. The zero-order valence-electron chi connectivity index (χ0n) is 18.0. The molecule has 1 aliphatic rings. The van der Waals surface area contributed by atoms with Crippen LogP contribution in [0, 0.1) is 0 Å². The third-order valence-electron chi connectivity index (χ3n) is 5.37. The average molecular weight is 447 g/mol. The molecule has 0 radical (unpaired) electrons. The number of benzene rings is 2. The van der Waals surface area contributed by atoms with Crippen LogP contribution in [0.5, 0.6) is 0 Å². The number of hydrogen-bond donors (Lipinski definition) is 3. The first kappa shape index (κ1) is 20.6. The fraction of sp³-hybridized carbons (Fsp3) is 0.304. The van der Waals surface area contributed by atoms with Crippen LogP contribution in [-0.2, 0) is 6.42 Å². The third-order valence-corrected chi connectivity index (χ3v) is 6.16. The Morgan fingerprint density at radius 1 is 1.03 bits per heavy atom. The van der Waals surface area contributed by atoms with Crippen LogP contribution in [0.1, 0.15) is 12.5 Å². The van der Waals surface area contributed by atoms with Crippen molar-refractivity contribution < 1.29 is 0 Å². The molecule has 3 heterocycles. The molecule has 0 saturated carbocycles. The number of piperazine rings is 1. The minimum absolute atomic E-state index is 0.178. The molecule has 0 bridgehead atoms. The van der Waals surface area contributed by atoms with Crippen LogP contribution in [-0.4, -0.2) is 52.2 Å². The number of anilines is 4. The highest BCUT2D eigenvalue weighted by Gasteiger charge is 2.17. The predicted molar refractivity (Wildman–Crippen MR) is 131 cm³/mol. The molecule has 4 aromatic rings. The summed E-state index contributed by atoms with van der Waals surface area (Å²) in [6.07, 6.45) is 0.889. The Morgan fingerprint density at radius 2 is 1.84 bits per heavy atom. The van der Waals surface area contributed by atoms with E-state index in [-0.39, 0.29) is 6.04 Å². The van der Waals surface area contributed by atoms with E-state index in [1.807, 2.05) is 23.7 Å². The van der Waals surface area contributed by atoms with Crippen LogP contribution in [0.15, 0.2) is 54.0 Å². The molecule has 1 unspecified atom stereocenters. The second-order valence-electron chi connectivity index (χ2n) is 7.91. The Hall–Kier alpha value is -3.30. The standard InChI is InChI=1S/C23H26N8S/c1-16(13-17-5-3-2-4-6-17)26-21-28-22(30-23(29-21)31-11-9-24-10-12-31)27-18-7-8-19-20(14-18)32-15-25-19/h2-8,14-16,24H,9-13H2,1H3,(H2,26,27,28,29,30). The first-order valence-electron chi connectivity index (χ1n) is 10.9. The van der Waals surface area contributed by atoms with E-state index in [0.29, 0.717) is 17.8 Å². The summed E-state index contributed by atoms with van der Waals surface area (Å²) in [5.41, 5.74) is 5.06. The Bertz CT molecular complexity index is 1170. The lowest BCUT2D eigenvalue weighted by Gasteiger charge is -2.28. The maximum Gasteiger partial charge on any atom is 0.233 e. The zero-order chi connectivity index (χ0) is 21.8. The fourth-order valence-corrected chi connectivity index (χ4v) is 4.51. The number of aromatic nitrogens is 4. The highest BCUT2D eigenvalue weighted by molar-refractivity contribution is 7.16. The van der Waals surface area contributed by atoms with Gasteiger partial charge in [0.2, 0.25) is 17.8 Å². The Morgan fingerprint density at radius 3 is 2.69 bits per heavy atom. The molecule has 2 aromatic carbocycles. The van der Waals surface area contributed by atoms with E-state index in [1.165, 1.54) is 5.56 Å². The van der Waals surface area contributed by atoms with Gasteiger partial charge < -0.3 is 20.9 Å². The minimum atomic E-state index is 0.178. The van der Waals surface area contributed by atoms with Crippen molar-refractivity contribution in [2.24, 2.45) is 0 Å². The molecule has 9 heteroatoms. The van der Waals surface area contributed by atoms with E-state index in [0.717, 1.165) is 48.5 Å². The van der Waals surface area contributed by atoms with Gasteiger partial charge in [0.05, 0.1) is 15.7 Å². The van der Waals surface area contributed by atoms with E-state index in [4.69, 9.17) is 9.97 Å². The molecule has 1 saturated heterocycles. The molecule has 3 N–H and O–H groups in total. The van der Waals surface area contributed by atoms with Crippen molar-refractivity contribution in [3.8, 4) is 0 Å². The zero-order valence-corrected chi connectivity index (χ0v) is 18.8. The van der Waals surface area contributed by atoms with Crippen molar-refractivity contribution in [1.29, 1.82) is 0 Å². The van der Waals surface area contributed by atoms with Crippen LogP contribution in [0.4, 0.5) is 23.5 Å². The number of nitrogens with one attached hydrogen (secondary N) is 3. The molecule has 0 spiro atoms. The van der Waals surface area contributed by atoms with E-state index in [2.05, 4.69) is 68.1 Å². The molecule has 1 fully saturated rings. The van der Waals surface area contributed by atoms with E-state index in [1.54, 1.807) is 11.3 Å². The predicted octanol–water partition coefficient (Wildman–Crippen LogP) is 3.68. The number of thiazole rings is 1. The van der Waals surface area contributed by atoms with Gasteiger partial charge in [-0.2, -0.15) is 15.0 Å². The SMILES string of the molecule is CC(Cc1ccccc1)Nc1nc(Nc2ccc3ncsc3c2)nc(N2CCNCC2)n1. The second kappa shape index (κ2) is 9.46. The summed E-state index contributed by atoms with van der Waals surface area (Å²) >= 11 is 1.62. The molecule has 0 amide bonds. The average Bonchev–Trinajstić information content (AvgIpc) is 3.28. The number of hydrogen-bond acceptors (Lipinski definition) is 9. The second-order valence-corrected chi connectivity index (χ2v) is 8.80. The van der Waals surface area contributed by atoms with Gasteiger partial charge in [0, 0.05) is 37.9 Å². The van der Waals surface area contributed by atoms with Crippen LogP contribution >= 0.6 is 11.3 Å². The Kier molecular flexibility index (Phi) is 6.09. The van der Waals surface area contributed by atoms with Gasteiger partial charge in [-0.1, -0.05) is 30.3 Å². The van der Waals surface area contributed by atoms with Gasteiger partial charge in [-0.3, -0.25) is 0 Å². The van der Waals surface area contributed by atoms with Gasteiger partial charge >= 0.3 is 0 Å². The van der Waals surface area contributed by atoms with Gasteiger partial charge in [-0.05, 0) is 37.1 Å². The van der Waals surface area contributed by atoms with Gasteiger partial charge in [0.25, 0.3) is 0 Å². The fourth-order valence-electron chi connectivity index (χ4n) is 3.79. The topological polar surface area (TPSA) is 90.9 Å². The first-order valence-corrected chi connectivity index (χ1v) is 11.7. The summed E-state index contributed by atoms with van der Waals surface area (Å²) in [5.74, 6) is 1.81. The summed E-state index contributed by atoms with van der Waals surface area (Å²) in [6.45, 7) is 5.73. The van der Waals surface area contributed by atoms with Crippen molar-refractivity contribution in [2.45, 2.75) is 19.4 Å². The molecule has 2 aromatic heterocycles. The van der Waals surface area contributed by atoms with E-state index < -0.39 is 0 Å². The quantitative estimate of drug-likeness (QED) is 0.396. The molecule has 0 aliphatic carbocycles. The highest BCUT2D eigenvalue weighted by Crippen LogP contribution is 2.24. The van der Waals surface area contributed by atoms with Crippen molar-refractivity contribution in [3.63, 3.8) is 0 Å². The van der Waals surface area contributed by atoms with Gasteiger partial charge in [0.1, 0.15) is 0 Å². The molecule has 164 valence electrons. The number of rotatable bonds is 7. The third kappa shape index (κ3) is 4.95. The van der Waals surface area contributed by atoms with Crippen LogP contribution < -0.4 is 20.9 Å². The molecule has 32 heavy (non-hydrogen) atoms. The van der Waals surface area contributed by atoms with Crippen molar-refractivity contribution >= 4 is 45.1 Å². The maximum absolute atomic E-state index is 4.74. The highest BCUT2D eigenvalue weighted by atomic mass is 32.1. The van der Waals surface area contributed by atoms with Crippen molar-refractivity contribution in [2.75, 3.05) is 41.7 Å². The van der Waals surface area contributed by atoms with Gasteiger partial charge in [0.15, 0.2) is 0 Å². The van der Waals surface area contributed by atoms with Crippen LogP contribution in [0.3, 0.4) is 0 Å². The molecule has 8 nitrogen and oxygen atoms in total. The van der Waals surface area contributed by atoms with E-state index in [9.17, 15) is 0 Å². The molecular weight excluding hydrogens is 420 g/mol. The minimum Gasteiger partial charge on any atom is -0.351 e. The lowest BCUT2D eigenvalue weighted by Crippen LogP contribution is -2.44. The molecule has 1 aliphatic heterocycles. The van der Waals surface area contributed by atoms with Crippen LogP contribution in [0.25, 0.3) is 10.2 Å². The summed E-state index contributed by atoms with van der Waals surface area (Å²) in [4.78, 5) is 20.7. The van der Waals surface area contributed by atoms with E-state index >= 15 is 0 Å². The van der Waals surface area contributed by atoms with Crippen molar-refractivity contribution in [1.82, 2.24) is 25.3 Å². The number of nitrogens with zero attached hydrogens (tertiary/aromatic N) is 5. The lowest BCUT2D eigenvalue weighted by atomic mass is 10.1. The lowest BCUT2D eigenvalue weighted by molar-refractivity contribution is 0.579. The first-order chi connectivity index (χ1) is 15.7. The summed E-state index contributed by atoms with van der Waals surface area (Å²) < 4.78 is 1.13. The maximum atomic E-state index is 4.74. The smallest absolute Gasteiger partial charge is 0.233 e. The largest absolute Gasteiger partial charge is 0.351 e. The summed E-state index contributed by atoms with van der Waals surface area (Å²) in [5, 5.41) is 10.2. The molecule has 5 rings (SSSR count). The number of fused-ring (bicyclic) bond motifs is 1. The molecular formula is C23H26N8S. The van der Waals surface area contributed by atoms with Crippen LogP contribution in [0.2, 0.25) is 0 Å². The Labute approximate surface area is 191 Å². The van der Waals surface area contributed by atoms with Gasteiger partial charge in [-0.15, -0.1) is 11.3 Å². The summed E-state index contributed by atoms with van der Waals surface area (Å²) in [6, 6.07) is 16.7. The van der Waals surface area contributed by atoms with Gasteiger partial charge in [-0.25, -0.2) is 4.98 Å². The molecule has 1 atom stereocenters. The monoisotopic (exact) mass is 446 g/mol.